The highest BCUT2D eigenvalue weighted by atomic mass is 32.2. The smallest absolute Gasteiger partial charge is 0.241 e. The van der Waals surface area contributed by atoms with Gasteiger partial charge in [-0.1, -0.05) is 6.07 Å². The summed E-state index contributed by atoms with van der Waals surface area (Å²) in [5.41, 5.74) is 0.849. The van der Waals surface area contributed by atoms with E-state index < -0.39 is 20.5 Å². The van der Waals surface area contributed by atoms with Crippen molar-refractivity contribution in [2.45, 2.75) is 38.0 Å². The van der Waals surface area contributed by atoms with Gasteiger partial charge in [0.25, 0.3) is 0 Å². The zero-order chi connectivity index (χ0) is 18.5. The third-order valence-corrected chi connectivity index (χ3v) is 6.90. The number of hydrogen-bond acceptors (Lipinski definition) is 6. The molecule has 25 heavy (non-hydrogen) atoms. The van der Waals surface area contributed by atoms with Crippen LogP contribution >= 0.6 is 0 Å². The number of piperidine rings is 1. The summed E-state index contributed by atoms with van der Waals surface area (Å²) in [4.78, 5) is 19.2. The number of rotatable bonds is 7. The molecule has 1 aliphatic heterocycles. The van der Waals surface area contributed by atoms with Crippen molar-refractivity contribution < 1.29 is 13.2 Å². The molecule has 0 spiro atoms. The van der Waals surface area contributed by atoms with Gasteiger partial charge in [0.2, 0.25) is 5.91 Å². The number of carbonyl (C=O) groups excluding carboxylic acids is 1. The van der Waals surface area contributed by atoms with Crippen LogP contribution in [0.2, 0.25) is 0 Å². The highest BCUT2D eigenvalue weighted by Crippen LogP contribution is 2.28. The Kier molecular flexibility index (Phi) is 6.40. The lowest BCUT2D eigenvalue weighted by molar-refractivity contribution is -0.124. The van der Waals surface area contributed by atoms with Crippen LogP contribution in [0.3, 0.4) is 0 Å². The normalized spacial score (nSPS) is 17.1. The molecular formula is C17H28N4O3S. The van der Waals surface area contributed by atoms with E-state index in [-0.39, 0.29) is 6.54 Å². The van der Waals surface area contributed by atoms with E-state index in [1.54, 1.807) is 6.20 Å². The molecule has 7 nitrogen and oxygen atoms in total. The quantitative estimate of drug-likeness (QED) is 0.737. The molecule has 0 atom stereocenters. The number of pyridine rings is 1. The average molecular weight is 369 g/mol. The fraction of sp³-hybridized carbons (Fsp3) is 0.647. The Balaban J connectivity index is 2.05. The summed E-state index contributed by atoms with van der Waals surface area (Å²) < 4.78 is 23.2. The molecule has 0 radical (unpaired) electrons. The first-order valence-corrected chi connectivity index (χ1v) is 10.6. The van der Waals surface area contributed by atoms with Crippen molar-refractivity contribution in [3.8, 4) is 0 Å². The summed E-state index contributed by atoms with van der Waals surface area (Å²) in [5, 5.41) is 5.90. The Morgan fingerprint density at radius 2 is 1.92 bits per heavy atom. The molecular weight excluding hydrogens is 340 g/mol. The third-order valence-electron chi connectivity index (χ3n) is 4.88. The van der Waals surface area contributed by atoms with Crippen molar-refractivity contribution in [1.29, 1.82) is 0 Å². The van der Waals surface area contributed by atoms with Crippen LogP contribution in [0, 0.1) is 0 Å². The largest absolute Gasteiger partial charge is 0.357 e. The zero-order valence-electron chi connectivity index (χ0n) is 15.2. The number of nitrogens with zero attached hydrogens (tertiary/aromatic N) is 2. The van der Waals surface area contributed by atoms with Crippen molar-refractivity contribution in [2.75, 3.05) is 37.3 Å². The van der Waals surface area contributed by atoms with E-state index in [1.807, 2.05) is 12.1 Å². The number of anilines is 1. The van der Waals surface area contributed by atoms with E-state index in [0.29, 0.717) is 25.9 Å². The molecule has 0 aliphatic carbocycles. The second kappa shape index (κ2) is 8.14. The monoisotopic (exact) mass is 368 g/mol. The average Bonchev–Trinajstić information content (AvgIpc) is 2.61. The van der Waals surface area contributed by atoms with Gasteiger partial charge in [-0.15, -0.1) is 0 Å². The van der Waals surface area contributed by atoms with E-state index in [2.05, 4.69) is 34.4 Å². The lowest BCUT2D eigenvalue weighted by atomic mass is 9.96. The first-order valence-electron chi connectivity index (χ1n) is 8.72. The third kappa shape index (κ3) is 4.30. The van der Waals surface area contributed by atoms with E-state index in [0.717, 1.165) is 30.7 Å². The Labute approximate surface area is 150 Å². The molecule has 2 heterocycles. The lowest BCUT2D eigenvalue weighted by Crippen LogP contribution is -2.57. The maximum atomic E-state index is 12.7. The van der Waals surface area contributed by atoms with Gasteiger partial charge >= 0.3 is 0 Å². The summed E-state index contributed by atoms with van der Waals surface area (Å²) in [7, 11) is -3.49. The standard InChI is InChI=1S/C17H28N4O3S/c1-4-21(5-2)15-7-6-14(12-19-15)13-20-16(22)17(25(3,23)24)8-10-18-11-9-17/h6-7,12,18H,4-5,8-11,13H2,1-3H3,(H,20,22). The predicted molar refractivity (Wildman–Crippen MR) is 99.3 cm³/mol. The van der Waals surface area contributed by atoms with Gasteiger partial charge in [-0.3, -0.25) is 4.79 Å². The minimum absolute atomic E-state index is 0.273. The Hall–Kier alpha value is -1.67. The maximum absolute atomic E-state index is 12.7. The minimum Gasteiger partial charge on any atom is -0.357 e. The summed E-state index contributed by atoms with van der Waals surface area (Å²) >= 11 is 0. The van der Waals surface area contributed by atoms with Gasteiger partial charge in [0.1, 0.15) is 5.82 Å². The van der Waals surface area contributed by atoms with Crippen LogP contribution in [-0.2, 0) is 21.2 Å². The van der Waals surface area contributed by atoms with Crippen molar-refractivity contribution >= 4 is 21.6 Å². The van der Waals surface area contributed by atoms with E-state index in [9.17, 15) is 13.2 Å². The molecule has 1 aromatic rings. The molecule has 8 heteroatoms. The summed E-state index contributed by atoms with van der Waals surface area (Å²) in [6, 6.07) is 3.84. The lowest BCUT2D eigenvalue weighted by Gasteiger charge is -2.34. The van der Waals surface area contributed by atoms with E-state index >= 15 is 0 Å². The van der Waals surface area contributed by atoms with Crippen LogP contribution in [-0.4, -0.2) is 56.5 Å². The van der Waals surface area contributed by atoms with Crippen LogP contribution in [0.4, 0.5) is 5.82 Å². The topological polar surface area (TPSA) is 91.4 Å². The molecule has 0 aromatic carbocycles. The van der Waals surface area contributed by atoms with Gasteiger partial charge in [-0.25, -0.2) is 13.4 Å². The molecule has 2 N–H and O–H groups in total. The van der Waals surface area contributed by atoms with Crippen LogP contribution in [0.5, 0.6) is 0 Å². The summed E-state index contributed by atoms with van der Waals surface area (Å²) in [5.74, 6) is 0.482. The number of hydrogen-bond donors (Lipinski definition) is 2. The number of aromatic nitrogens is 1. The first kappa shape index (κ1) is 19.7. The van der Waals surface area contributed by atoms with Crippen LogP contribution in [0.15, 0.2) is 18.3 Å². The molecule has 2 rings (SSSR count). The number of nitrogens with one attached hydrogen (secondary N) is 2. The number of carbonyl (C=O) groups is 1. The highest BCUT2D eigenvalue weighted by molar-refractivity contribution is 7.92. The fourth-order valence-corrected chi connectivity index (χ4v) is 4.55. The molecule has 1 amide bonds. The Morgan fingerprint density at radius 3 is 2.40 bits per heavy atom. The van der Waals surface area contributed by atoms with Gasteiger partial charge in [0.15, 0.2) is 14.6 Å². The van der Waals surface area contributed by atoms with Crippen molar-refractivity contribution in [2.24, 2.45) is 0 Å². The second-order valence-electron chi connectivity index (χ2n) is 6.40. The fourth-order valence-electron chi connectivity index (χ4n) is 3.20. The van der Waals surface area contributed by atoms with Gasteiger partial charge < -0.3 is 15.5 Å². The molecule has 1 fully saturated rings. The molecule has 1 aromatic heterocycles. The molecule has 0 unspecified atom stereocenters. The molecule has 140 valence electrons. The molecule has 1 aliphatic rings. The SMILES string of the molecule is CCN(CC)c1ccc(CNC(=O)C2(S(C)(=O)=O)CCNCC2)cn1. The van der Waals surface area contributed by atoms with E-state index in [4.69, 9.17) is 0 Å². The summed E-state index contributed by atoms with van der Waals surface area (Å²) in [6.07, 6.45) is 3.48. The molecule has 1 saturated heterocycles. The Bertz CT molecular complexity index is 678. The van der Waals surface area contributed by atoms with Crippen molar-refractivity contribution in [1.82, 2.24) is 15.6 Å². The first-order chi connectivity index (χ1) is 11.8. The van der Waals surface area contributed by atoms with Gasteiger partial charge in [-0.05, 0) is 51.4 Å². The maximum Gasteiger partial charge on any atom is 0.241 e. The van der Waals surface area contributed by atoms with E-state index in [1.165, 1.54) is 0 Å². The molecule has 0 saturated carbocycles. The minimum atomic E-state index is -3.49. The van der Waals surface area contributed by atoms with Crippen molar-refractivity contribution in [3.05, 3.63) is 23.9 Å². The number of sulfone groups is 1. The van der Waals surface area contributed by atoms with Crippen LogP contribution in [0.1, 0.15) is 32.3 Å². The van der Waals surface area contributed by atoms with Gasteiger partial charge in [-0.2, -0.15) is 0 Å². The van der Waals surface area contributed by atoms with Crippen molar-refractivity contribution in [3.63, 3.8) is 0 Å². The Morgan fingerprint density at radius 1 is 1.28 bits per heavy atom. The number of amides is 1. The van der Waals surface area contributed by atoms with Gasteiger partial charge in [0, 0.05) is 32.1 Å². The van der Waals surface area contributed by atoms with Crippen LogP contribution in [0.25, 0.3) is 0 Å². The summed E-state index contributed by atoms with van der Waals surface area (Å²) in [6.45, 7) is 7.23. The zero-order valence-corrected chi connectivity index (χ0v) is 16.0. The van der Waals surface area contributed by atoms with Gasteiger partial charge in [0.05, 0.1) is 0 Å². The van der Waals surface area contributed by atoms with Crippen LogP contribution < -0.4 is 15.5 Å². The molecule has 0 bridgehead atoms. The second-order valence-corrected chi connectivity index (χ2v) is 8.72. The highest BCUT2D eigenvalue weighted by Gasteiger charge is 2.48. The predicted octanol–water partition coefficient (Wildman–Crippen LogP) is 0.711.